The molecule has 65 heavy (non-hydrogen) atoms. The molecule has 0 bridgehead atoms. The summed E-state index contributed by atoms with van der Waals surface area (Å²) in [5.74, 6) is 2.14. The van der Waals surface area contributed by atoms with E-state index >= 15 is 0 Å². The molecule has 0 saturated heterocycles. The van der Waals surface area contributed by atoms with Crippen LogP contribution in [0, 0.1) is 25.0 Å². The molecule has 5 aromatic carbocycles. The third-order valence-corrected chi connectivity index (χ3v) is 12.4. The monoisotopic (exact) mass is 1040 g/mol. The normalized spacial score (nSPS) is 13.8. The van der Waals surface area contributed by atoms with Crippen molar-refractivity contribution in [1.29, 1.82) is 0 Å². The fourth-order valence-corrected chi connectivity index (χ4v) is 8.41. The van der Waals surface area contributed by atoms with Gasteiger partial charge < -0.3 is 26.5 Å². The first-order chi connectivity index (χ1) is 29.3. The molecule has 344 valence electrons. The van der Waals surface area contributed by atoms with E-state index in [1.165, 1.54) is 44.8 Å². The van der Waals surface area contributed by atoms with Crippen LogP contribution in [0.25, 0.3) is 38.8 Å². The Morgan fingerprint density at radius 3 is 1.75 bits per heavy atom. The number of rotatable bonds is 6. The Labute approximate surface area is 405 Å². The Kier molecular flexibility index (Phi) is 13.3. The minimum atomic E-state index is -0.143. The molecule has 0 unspecified atom stereocenters. The zero-order valence-electron chi connectivity index (χ0n) is 41.7. The third-order valence-electron chi connectivity index (χ3n) is 12.4. The number of hydrogen-bond acceptors (Lipinski definition) is 4. The smallest absolute Gasteiger partial charge is 0.135 e. The predicted molar refractivity (Wildman–Crippen MR) is 273 cm³/mol. The maximum absolute atomic E-state index is 6.91. The van der Waals surface area contributed by atoms with Gasteiger partial charge in [0, 0.05) is 67.3 Å². The van der Waals surface area contributed by atoms with Crippen molar-refractivity contribution < 1.29 is 25.8 Å². The summed E-state index contributed by atoms with van der Waals surface area (Å²) >= 11 is 0. The minimum Gasteiger partial charge on any atom is -0.509 e. The third kappa shape index (κ3) is 10.2. The van der Waals surface area contributed by atoms with E-state index in [4.69, 9.17) is 9.72 Å². The Morgan fingerprint density at radius 1 is 0.538 bits per heavy atom. The van der Waals surface area contributed by atoms with Gasteiger partial charge in [-0.2, -0.15) is 6.07 Å². The molecule has 0 radical (unpaired) electrons. The average molecular weight is 1050 g/mol. The summed E-state index contributed by atoms with van der Waals surface area (Å²) in [5, 5.41) is 2.23. The molecule has 8 rings (SSSR count). The van der Waals surface area contributed by atoms with E-state index in [9.17, 15) is 0 Å². The second kappa shape index (κ2) is 17.6. The molecule has 1 aliphatic heterocycles. The van der Waals surface area contributed by atoms with Crippen molar-refractivity contribution in [2.24, 2.45) is 5.41 Å². The number of aromatic nitrogens is 2. The number of allylic oxidation sites excluding steroid dienone is 1. The number of ether oxygens (including phenoxy) is 1. The van der Waals surface area contributed by atoms with Crippen molar-refractivity contribution in [3.63, 3.8) is 0 Å². The maximum atomic E-state index is 6.91. The van der Waals surface area contributed by atoms with Crippen LogP contribution in [0.15, 0.2) is 121 Å². The van der Waals surface area contributed by atoms with E-state index < -0.39 is 0 Å². The molecule has 7 aromatic rings. The average Bonchev–Trinajstić information content (AvgIpc) is 3.80. The van der Waals surface area contributed by atoms with Gasteiger partial charge in [-0.3, -0.25) is 0 Å². The first-order valence-corrected chi connectivity index (χ1v) is 22.6. The second-order valence-corrected chi connectivity index (χ2v) is 22.7. The number of pyridine rings is 1. The fourth-order valence-electron chi connectivity index (χ4n) is 8.41. The van der Waals surface area contributed by atoms with Crippen LogP contribution in [-0.2, 0) is 42.7 Å². The second-order valence-electron chi connectivity index (χ2n) is 22.7. The van der Waals surface area contributed by atoms with Gasteiger partial charge in [-0.1, -0.05) is 164 Å². The molecule has 6 heteroatoms. The van der Waals surface area contributed by atoms with E-state index in [2.05, 4.69) is 234 Å². The van der Waals surface area contributed by atoms with Crippen molar-refractivity contribution >= 4 is 33.2 Å². The van der Waals surface area contributed by atoms with Gasteiger partial charge in [-0.15, -0.1) is 41.3 Å². The van der Waals surface area contributed by atoms with Crippen LogP contribution < -0.4 is 14.5 Å². The Hall–Kier alpha value is -5.12. The van der Waals surface area contributed by atoms with Gasteiger partial charge in [0.05, 0.1) is 6.67 Å². The molecule has 3 heterocycles. The molecule has 5 nitrogen and oxygen atoms in total. The SMILES string of the molecule is CC(C)(C)C1=CN(c2cc(C(C)(C)C)cc(C(C)(C)C)c2)CN1c1[c-]c(Oc2[c-]c3c(cc2)c2cc(-c4ccccc4)ccc2n3-c2cc(C(C)(C)C)ccn2)cc(C(C)(C)C)c1.[CH3-].[Pt]. The topological polar surface area (TPSA) is 33.5 Å². The van der Waals surface area contributed by atoms with Gasteiger partial charge in [-0.25, -0.2) is 4.98 Å². The molecular formula is C59H69N4OPt-3. The summed E-state index contributed by atoms with van der Waals surface area (Å²) in [4.78, 5) is 9.79. The summed E-state index contributed by atoms with van der Waals surface area (Å²) in [6.45, 7) is 34.9. The van der Waals surface area contributed by atoms with Gasteiger partial charge >= 0.3 is 0 Å². The molecule has 2 aromatic heterocycles. The number of fused-ring (bicyclic) bond motifs is 3. The molecule has 0 amide bonds. The van der Waals surface area contributed by atoms with Crippen LogP contribution in [0.4, 0.5) is 11.4 Å². The number of benzene rings is 5. The van der Waals surface area contributed by atoms with Gasteiger partial charge in [0.2, 0.25) is 0 Å². The molecule has 0 spiro atoms. The standard InChI is InChI=1S/C58H66N4O.CH3.Pt/c1-54(2,3)40-25-26-59-53(33-40)62-50-24-21-39(38-19-17-16-18-20-38)27-49(50)48-23-22-46(35-51(48)62)63-47-32-43(57(10,11)12)31-45(34-47)61-37-60(36-52(61)58(13,14)15)44-29-41(55(4,5)6)28-42(30-44)56(7,8)9;;/h16-33,36H,37H2,1-15H3;1H3;/q-2;-1;. The van der Waals surface area contributed by atoms with E-state index in [-0.39, 0.29) is 55.6 Å². The van der Waals surface area contributed by atoms with Crippen molar-refractivity contribution in [2.75, 3.05) is 16.5 Å². The molecule has 0 aliphatic carbocycles. The summed E-state index contributed by atoms with van der Waals surface area (Å²) in [7, 11) is 0. The Balaban J connectivity index is 0.00000350. The van der Waals surface area contributed by atoms with Crippen LogP contribution in [0.1, 0.15) is 126 Å². The summed E-state index contributed by atoms with van der Waals surface area (Å²) in [5.41, 5.74) is 12.5. The zero-order valence-corrected chi connectivity index (χ0v) is 44.0. The van der Waals surface area contributed by atoms with Gasteiger partial charge in [0.15, 0.2) is 0 Å². The van der Waals surface area contributed by atoms with Crippen LogP contribution in [0.5, 0.6) is 11.5 Å². The summed E-state index contributed by atoms with van der Waals surface area (Å²) < 4.78 is 9.15. The van der Waals surface area contributed by atoms with Crippen LogP contribution in [-0.4, -0.2) is 16.2 Å². The van der Waals surface area contributed by atoms with Gasteiger partial charge in [-0.05, 0) is 85.2 Å². The molecule has 0 saturated carbocycles. The first kappa shape index (κ1) is 49.3. The van der Waals surface area contributed by atoms with Crippen molar-refractivity contribution in [3.05, 3.63) is 163 Å². The Bertz CT molecular complexity index is 2840. The number of anilines is 2. The maximum Gasteiger partial charge on any atom is 0.135 e. The van der Waals surface area contributed by atoms with Crippen molar-refractivity contribution in [1.82, 2.24) is 9.55 Å². The quantitative estimate of drug-likeness (QED) is 0.155. The molecule has 1 aliphatic rings. The number of hydrogen-bond donors (Lipinski definition) is 0. The fraction of sp³-hybridized carbons (Fsp3) is 0.356. The van der Waals surface area contributed by atoms with Gasteiger partial charge in [0.1, 0.15) is 5.82 Å². The summed E-state index contributed by atoms with van der Waals surface area (Å²) in [6.07, 6.45) is 4.27. The molecule has 0 fully saturated rings. The van der Waals surface area contributed by atoms with E-state index in [0.717, 1.165) is 33.3 Å². The first-order valence-electron chi connectivity index (χ1n) is 22.6. The van der Waals surface area contributed by atoms with E-state index in [0.29, 0.717) is 18.2 Å². The van der Waals surface area contributed by atoms with Crippen molar-refractivity contribution in [2.45, 2.75) is 126 Å². The molecule has 0 atom stereocenters. The largest absolute Gasteiger partial charge is 0.509 e. The predicted octanol–water partition coefficient (Wildman–Crippen LogP) is 16.0. The van der Waals surface area contributed by atoms with Crippen molar-refractivity contribution in [3.8, 4) is 28.4 Å². The van der Waals surface area contributed by atoms with Gasteiger partial charge in [0.25, 0.3) is 0 Å². The van der Waals surface area contributed by atoms with Crippen LogP contribution in [0.3, 0.4) is 0 Å². The minimum absolute atomic E-state index is 0. The van der Waals surface area contributed by atoms with E-state index in [1.54, 1.807) is 0 Å². The molecular weight excluding hydrogens is 976 g/mol. The zero-order chi connectivity index (χ0) is 45.4. The number of nitrogens with zero attached hydrogens (tertiary/aromatic N) is 4. The van der Waals surface area contributed by atoms with Crippen LogP contribution >= 0.6 is 0 Å². The van der Waals surface area contributed by atoms with Crippen LogP contribution in [0.2, 0.25) is 0 Å². The molecule has 0 N–H and O–H groups in total. The van der Waals surface area contributed by atoms with E-state index in [1.807, 2.05) is 12.3 Å². The summed E-state index contributed by atoms with van der Waals surface area (Å²) in [6, 6.07) is 44.9. The Morgan fingerprint density at radius 2 is 1.15 bits per heavy atom.